The molecule has 0 saturated carbocycles. The summed E-state index contributed by atoms with van der Waals surface area (Å²) in [4.78, 5) is 8.83. The number of aryl methyl sites for hydroxylation is 1. The van der Waals surface area contributed by atoms with Crippen molar-refractivity contribution in [1.29, 1.82) is 0 Å². The van der Waals surface area contributed by atoms with Crippen LogP contribution in [0.2, 0.25) is 0 Å². The molecule has 0 aromatic carbocycles. The van der Waals surface area contributed by atoms with E-state index in [4.69, 9.17) is 4.98 Å². The van der Waals surface area contributed by atoms with Crippen LogP contribution in [0.25, 0.3) is 0 Å². The molecule has 19 heavy (non-hydrogen) atoms. The quantitative estimate of drug-likeness (QED) is 0.894. The third kappa shape index (κ3) is 4.18. The Labute approximate surface area is 121 Å². The highest BCUT2D eigenvalue weighted by atomic mass is 32.1. The van der Waals surface area contributed by atoms with Crippen LogP contribution < -0.4 is 10.2 Å². The van der Waals surface area contributed by atoms with Crippen molar-refractivity contribution >= 4 is 16.5 Å². The lowest BCUT2D eigenvalue weighted by atomic mass is 10.1. The van der Waals surface area contributed by atoms with Gasteiger partial charge in [0.1, 0.15) is 0 Å². The molecule has 1 aromatic heterocycles. The smallest absolute Gasteiger partial charge is 0.185 e. The first-order valence-electron chi connectivity index (χ1n) is 7.79. The Hall–Kier alpha value is -0.610. The number of hydrogen-bond donors (Lipinski definition) is 1. The highest BCUT2D eigenvalue weighted by Gasteiger charge is 2.16. The van der Waals surface area contributed by atoms with E-state index in [0.29, 0.717) is 0 Å². The highest BCUT2D eigenvalue weighted by Crippen LogP contribution is 2.28. The Morgan fingerprint density at radius 3 is 2.42 bits per heavy atom. The number of thiazole rings is 1. The molecule has 1 aromatic rings. The molecule has 0 radical (unpaired) electrons. The molecule has 2 heterocycles. The summed E-state index contributed by atoms with van der Waals surface area (Å²) < 4.78 is 0. The maximum Gasteiger partial charge on any atom is 0.185 e. The Morgan fingerprint density at radius 2 is 1.79 bits per heavy atom. The minimum atomic E-state index is 0.977. The lowest BCUT2D eigenvalue weighted by Crippen LogP contribution is -2.26. The largest absolute Gasteiger partial charge is 0.348 e. The van der Waals surface area contributed by atoms with Gasteiger partial charge in [-0.25, -0.2) is 4.98 Å². The number of nitrogens with one attached hydrogen (secondary N) is 1. The first-order valence-corrected chi connectivity index (χ1v) is 8.61. The van der Waals surface area contributed by atoms with E-state index in [1.54, 1.807) is 0 Å². The van der Waals surface area contributed by atoms with Crippen LogP contribution in [-0.2, 0) is 13.0 Å². The third-order valence-corrected chi connectivity index (χ3v) is 4.92. The lowest BCUT2D eigenvalue weighted by Gasteiger charge is -2.23. The van der Waals surface area contributed by atoms with E-state index < -0.39 is 0 Å². The van der Waals surface area contributed by atoms with E-state index in [0.717, 1.165) is 19.5 Å². The molecule has 0 unspecified atom stereocenters. The number of nitrogens with zero attached hydrogens (tertiary/aromatic N) is 2. The maximum absolute atomic E-state index is 4.88. The second-order valence-corrected chi connectivity index (χ2v) is 6.32. The van der Waals surface area contributed by atoms with E-state index in [1.807, 2.05) is 11.3 Å². The summed E-state index contributed by atoms with van der Waals surface area (Å²) in [6.45, 7) is 8.76. The molecule has 4 heteroatoms. The van der Waals surface area contributed by atoms with Gasteiger partial charge >= 0.3 is 0 Å². The van der Waals surface area contributed by atoms with Crippen LogP contribution >= 0.6 is 11.3 Å². The zero-order valence-electron chi connectivity index (χ0n) is 12.4. The van der Waals surface area contributed by atoms with Crippen molar-refractivity contribution in [3.63, 3.8) is 0 Å². The minimum absolute atomic E-state index is 0.977. The first-order chi connectivity index (χ1) is 9.35. The van der Waals surface area contributed by atoms with Gasteiger partial charge in [0.05, 0.1) is 5.69 Å². The second-order valence-electron chi connectivity index (χ2n) is 5.26. The van der Waals surface area contributed by atoms with Crippen molar-refractivity contribution in [3.05, 3.63) is 10.6 Å². The minimum Gasteiger partial charge on any atom is -0.348 e. The fourth-order valence-corrected chi connectivity index (χ4v) is 3.77. The van der Waals surface area contributed by atoms with Crippen LogP contribution in [-0.4, -0.2) is 24.6 Å². The molecule has 1 aliphatic heterocycles. The molecule has 0 bridgehead atoms. The lowest BCUT2D eigenvalue weighted by molar-refractivity contribution is 0.555. The van der Waals surface area contributed by atoms with Gasteiger partial charge in [0.15, 0.2) is 5.13 Å². The van der Waals surface area contributed by atoms with Crippen molar-refractivity contribution in [2.24, 2.45) is 0 Å². The predicted octanol–water partition coefficient (Wildman–Crippen LogP) is 3.59. The molecule has 1 aliphatic rings. The SMILES string of the molecule is CCNCc1sc(N2CCCCCCC2)nc1CC. The number of hydrogen-bond acceptors (Lipinski definition) is 4. The predicted molar refractivity (Wildman–Crippen MR) is 84.2 cm³/mol. The average molecular weight is 281 g/mol. The molecule has 3 nitrogen and oxygen atoms in total. The summed E-state index contributed by atoms with van der Waals surface area (Å²) in [6.07, 6.45) is 7.87. The zero-order valence-corrected chi connectivity index (χ0v) is 13.2. The van der Waals surface area contributed by atoms with Gasteiger partial charge in [0, 0.05) is 24.5 Å². The van der Waals surface area contributed by atoms with Crippen LogP contribution in [0, 0.1) is 0 Å². The van der Waals surface area contributed by atoms with Gasteiger partial charge in [-0.1, -0.05) is 33.1 Å². The molecule has 1 saturated heterocycles. The molecule has 1 N–H and O–H groups in total. The van der Waals surface area contributed by atoms with Crippen molar-refractivity contribution in [2.45, 2.75) is 58.9 Å². The van der Waals surface area contributed by atoms with Gasteiger partial charge in [-0.2, -0.15) is 0 Å². The molecule has 1 fully saturated rings. The topological polar surface area (TPSA) is 28.2 Å². The van der Waals surface area contributed by atoms with Gasteiger partial charge in [0.25, 0.3) is 0 Å². The van der Waals surface area contributed by atoms with Crippen LogP contribution in [0.15, 0.2) is 0 Å². The van der Waals surface area contributed by atoms with Crippen LogP contribution in [0.1, 0.15) is 56.5 Å². The summed E-state index contributed by atoms with van der Waals surface area (Å²) >= 11 is 1.90. The van der Waals surface area contributed by atoms with Crippen molar-refractivity contribution in [2.75, 3.05) is 24.5 Å². The standard InChI is InChI=1S/C15H27N3S/c1-3-13-14(12-16-4-2)19-15(17-13)18-10-8-6-5-7-9-11-18/h16H,3-12H2,1-2H3. The molecular weight excluding hydrogens is 254 g/mol. The molecule has 0 aliphatic carbocycles. The fourth-order valence-electron chi connectivity index (χ4n) is 2.60. The summed E-state index contributed by atoms with van der Waals surface area (Å²) in [7, 11) is 0. The summed E-state index contributed by atoms with van der Waals surface area (Å²) in [6, 6.07) is 0. The van der Waals surface area contributed by atoms with E-state index in [9.17, 15) is 0 Å². The number of anilines is 1. The summed E-state index contributed by atoms with van der Waals surface area (Å²) in [5.41, 5.74) is 1.29. The van der Waals surface area contributed by atoms with Gasteiger partial charge in [-0.05, 0) is 25.8 Å². The van der Waals surface area contributed by atoms with Gasteiger partial charge < -0.3 is 10.2 Å². The van der Waals surface area contributed by atoms with Crippen molar-refractivity contribution in [1.82, 2.24) is 10.3 Å². The maximum atomic E-state index is 4.88. The van der Waals surface area contributed by atoms with Crippen LogP contribution in [0.3, 0.4) is 0 Å². The molecule has 2 rings (SSSR count). The van der Waals surface area contributed by atoms with Gasteiger partial charge in [-0.15, -0.1) is 11.3 Å². The second kappa shape index (κ2) is 7.85. The Bertz CT molecular complexity index is 367. The van der Waals surface area contributed by atoms with Crippen LogP contribution in [0.5, 0.6) is 0 Å². The zero-order chi connectivity index (χ0) is 13.5. The van der Waals surface area contributed by atoms with Crippen LogP contribution in [0.4, 0.5) is 5.13 Å². The fraction of sp³-hybridized carbons (Fsp3) is 0.800. The summed E-state index contributed by atoms with van der Waals surface area (Å²) in [5, 5.41) is 4.69. The Kier molecular flexibility index (Phi) is 6.11. The normalized spacial score (nSPS) is 17.3. The molecule has 108 valence electrons. The third-order valence-electron chi connectivity index (χ3n) is 3.76. The van der Waals surface area contributed by atoms with Gasteiger partial charge in [0.2, 0.25) is 0 Å². The number of aromatic nitrogens is 1. The first kappa shape index (κ1) is 14.8. The van der Waals surface area contributed by atoms with E-state index in [2.05, 4.69) is 24.1 Å². The Balaban J connectivity index is 2.07. The summed E-state index contributed by atoms with van der Waals surface area (Å²) in [5.74, 6) is 0. The van der Waals surface area contributed by atoms with E-state index >= 15 is 0 Å². The molecular formula is C15H27N3S. The van der Waals surface area contributed by atoms with E-state index in [1.165, 1.54) is 60.9 Å². The molecule has 0 atom stereocenters. The van der Waals surface area contributed by atoms with Gasteiger partial charge in [-0.3, -0.25) is 0 Å². The molecule has 0 amide bonds. The van der Waals surface area contributed by atoms with E-state index in [-0.39, 0.29) is 0 Å². The highest BCUT2D eigenvalue weighted by molar-refractivity contribution is 7.15. The average Bonchev–Trinajstić information content (AvgIpc) is 2.79. The molecule has 0 spiro atoms. The van der Waals surface area contributed by atoms with Crippen molar-refractivity contribution in [3.8, 4) is 0 Å². The Morgan fingerprint density at radius 1 is 1.11 bits per heavy atom. The monoisotopic (exact) mass is 281 g/mol. The van der Waals surface area contributed by atoms with Crippen molar-refractivity contribution < 1.29 is 0 Å². The number of rotatable bonds is 5.